The number of rotatable bonds is 7. The van der Waals surface area contributed by atoms with Gasteiger partial charge in [0.15, 0.2) is 0 Å². The van der Waals surface area contributed by atoms with Gasteiger partial charge in [-0.05, 0) is 49.1 Å². The molecule has 0 spiro atoms. The van der Waals surface area contributed by atoms with Crippen LogP contribution in [0.2, 0.25) is 5.02 Å². The van der Waals surface area contributed by atoms with Crippen LogP contribution in [-0.4, -0.2) is 21.4 Å². The SMILES string of the molecule is CC[C@@H](C)c1ccccc1NC(=O)[C@H](C)Sc1nnc(-c2cccc(Cl)c2)o1. The summed E-state index contributed by atoms with van der Waals surface area (Å²) < 4.78 is 5.68. The Kier molecular flexibility index (Phi) is 6.75. The number of halogens is 1. The van der Waals surface area contributed by atoms with E-state index in [-0.39, 0.29) is 5.91 Å². The number of amides is 1. The minimum Gasteiger partial charge on any atom is -0.411 e. The van der Waals surface area contributed by atoms with Crippen molar-refractivity contribution < 1.29 is 9.21 Å². The number of para-hydroxylation sites is 1. The summed E-state index contributed by atoms with van der Waals surface area (Å²) >= 11 is 7.23. The van der Waals surface area contributed by atoms with Gasteiger partial charge in [0.05, 0.1) is 5.25 Å². The number of nitrogens with zero attached hydrogens (tertiary/aromatic N) is 2. The van der Waals surface area contributed by atoms with Gasteiger partial charge in [0, 0.05) is 16.3 Å². The molecule has 0 saturated carbocycles. The van der Waals surface area contributed by atoms with Crippen LogP contribution in [0.25, 0.3) is 11.5 Å². The van der Waals surface area contributed by atoms with Gasteiger partial charge in [-0.15, -0.1) is 10.2 Å². The van der Waals surface area contributed by atoms with E-state index in [1.807, 2.05) is 37.3 Å². The normalized spacial score (nSPS) is 13.1. The molecule has 1 aromatic heterocycles. The lowest BCUT2D eigenvalue weighted by Gasteiger charge is -2.17. The van der Waals surface area contributed by atoms with Crippen LogP contribution < -0.4 is 5.32 Å². The molecule has 1 amide bonds. The zero-order chi connectivity index (χ0) is 20.1. The van der Waals surface area contributed by atoms with Crippen LogP contribution in [-0.2, 0) is 4.79 Å². The average molecular weight is 416 g/mol. The molecule has 3 rings (SSSR count). The molecule has 0 aliphatic rings. The second-order valence-electron chi connectivity index (χ2n) is 6.53. The van der Waals surface area contributed by atoms with Crippen molar-refractivity contribution in [3.63, 3.8) is 0 Å². The maximum absolute atomic E-state index is 12.7. The highest BCUT2D eigenvalue weighted by Gasteiger charge is 2.20. The van der Waals surface area contributed by atoms with E-state index in [4.69, 9.17) is 16.0 Å². The summed E-state index contributed by atoms with van der Waals surface area (Å²) in [6.07, 6.45) is 1.01. The van der Waals surface area contributed by atoms with Gasteiger partial charge in [-0.25, -0.2) is 0 Å². The molecule has 0 saturated heterocycles. The smallest absolute Gasteiger partial charge is 0.277 e. The van der Waals surface area contributed by atoms with E-state index in [1.54, 1.807) is 12.1 Å². The van der Waals surface area contributed by atoms with E-state index < -0.39 is 5.25 Å². The fourth-order valence-electron chi connectivity index (χ4n) is 2.70. The molecule has 0 aliphatic carbocycles. The zero-order valence-electron chi connectivity index (χ0n) is 16.0. The first-order chi connectivity index (χ1) is 13.5. The quantitative estimate of drug-likeness (QED) is 0.477. The number of hydrogen-bond donors (Lipinski definition) is 1. The Hall–Kier alpha value is -2.31. The van der Waals surface area contributed by atoms with Gasteiger partial charge in [-0.3, -0.25) is 4.79 Å². The Labute approximate surface area is 173 Å². The Morgan fingerprint density at radius 1 is 1.18 bits per heavy atom. The third kappa shape index (κ3) is 4.94. The molecule has 5 nitrogen and oxygen atoms in total. The van der Waals surface area contributed by atoms with Crippen molar-refractivity contribution in [2.45, 2.75) is 43.6 Å². The first-order valence-electron chi connectivity index (χ1n) is 9.13. The van der Waals surface area contributed by atoms with Crippen molar-refractivity contribution in [3.05, 3.63) is 59.1 Å². The highest BCUT2D eigenvalue weighted by atomic mass is 35.5. The van der Waals surface area contributed by atoms with Gasteiger partial charge in [0.25, 0.3) is 5.22 Å². The summed E-state index contributed by atoms with van der Waals surface area (Å²) in [5.41, 5.74) is 2.72. The molecule has 146 valence electrons. The van der Waals surface area contributed by atoms with E-state index in [2.05, 4.69) is 35.4 Å². The second-order valence-corrected chi connectivity index (χ2v) is 8.26. The number of thioether (sulfide) groups is 1. The maximum Gasteiger partial charge on any atom is 0.277 e. The van der Waals surface area contributed by atoms with Gasteiger partial charge in [-0.1, -0.05) is 61.5 Å². The molecule has 0 aliphatic heterocycles. The summed E-state index contributed by atoms with van der Waals surface area (Å²) in [7, 11) is 0. The first-order valence-corrected chi connectivity index (χ1v) is 10.4. The Bertz CT molecular complexity index is 960. The lowest BCUT2D eigenvalue weighted by molar-refractivity contribution is -0.115. The zero-order valence-corrected chi connectivity index (χ0v) is 17.6. The molecular formula is C21H22ClN3O2S. The summed E-state index contributed by atoms with van der Waals surface area (Å²) in [4.78, 5) is 12.7. The van der Waals surface area contributed by atoms with E-state index in [1.165, 1.54) is 11.8 Å². The van der Waals surface area contributed by atoms with Gasteiger partial charge < -0.3 is 9.73 Å². The summed E-state index contributed by atoms with van der Waals surface area (Å²) in [5, 5.41) is 11.6. The second kappa shape index (κ2) is 9.26. The van der Waals surface area contributed by atoms with Crippen molar-refractivity contribution in [3.8, 4) is 11.5 Å². The van der Waals surface area contributed by atoms with Crippen molar-refractivity contribution in [2.75, 3.05) is 5.32 Å². The molecule has 7 heteroatoms. The highest BCUT2D eigenvalue weighted by molar-refractivity contribution is 8.00. The predicted octanol–water partition coefficient (Wildman–Crippen LogP) is 6.02. The number of benzene rings is 2. The third-order valence-corrected chi connectivity index (χ3v) is 5.66. The predicted molar refractivity (Wildman–Crippen MR) is 114 cm³/mol. The molecule has 1 N–H and O–H groups in total. The molecule has 1 heterocycles. The van der Waals surface area contributed by atoms with Crippen molar-refractivity contribution in [2.24, 2.45) is 0 Å². The Morgan fingerprint density at radius 3 is 2.71 bits per heavy atom. The summed E-state index contributed by atoms with van der Waals surface area (Å²) in [6, 6.07) is 15.1. The molecular weight excluding hydrogens is 394 g/mol. The largest absolute Gasteiger partial charge is 0.411 e. The van der Waals surface area contributed by atoms with E-state index in [0.29, 0.717) is 22.1 Å². The first kappa shape index (κ1) is 20.4. The molecule has 0 fully saturated rings. The molecule has 0 bridgehead atoms. The number of carbonyl (C=O) groups is 1. The Morgan fingerprint density at radius 2 is 1.96 bits per heavy atom. The number of carbonyl (C=O) groups excluding carboxylic acids is 1. The van der Waals surface area contributed by atoms with Crippen LogP contribution in [0.15, 0.2) is 58.2 Å². The van der Waals surface area contributed by atoms with Crippen LogP contribution in [0.5, 0.6) is 0 Å². The summed E-state index contributed by atoms with van der Waals surface area (Å²) in [5.74, 6) is 0.638. The third-order valence-electron chi connectivity index (χ3n) is 4.49. The molecule has 2 aromatic carbocycles. The standard InChI is InChI=1S/C21H22ClN3O2S/c1-4-13(2)17-10-5-6-11-18(17)23-19(26)14(3)28-21-25-24-20(27-21)15-8-7-9-16(22)12-15/h5-14H,4H2,1-3H3,(H,23,26)/t13-,14+/m1/s1. The van der Waals surface area contributed by atoms with Crippen LogP contribution in [0.4, 0.5) is 5.69 Å². The average Bonchev–Trinajstić information content (AvgIpc) is 3.16. The molecule has 0 unspecified atom stereocenters. The lowest BCUT2D eigenvalue weighted by atomic mass is 9.97. The fourth-order valence-corrected chi connectivity index (χ4v) is 3.57. The van der Waals surface area contributed by atoms with E-state index in [9.17, 15) is 4.79 Å². The van der Waals surface area contributed by atoms with Gasteiger partial charge in [-0.2, -0.15) is 0 Å². The lowest BCUT2D eigenvalue weighted by Crippen LogP contribution is -2.23. The van der Waals surface area contributed by atoms with Crippen LogP contribution in [0.1, 0.15) is 38.7 Å². The molecule has 28 heavy (non-hydrogen) atoms. The van der Waals surface area contributed by atoms with Crippen molar-refractivity contribution >= 4 is 35.0 Å². The maximum atomic E-state index is 12.7. The number of nitrogens with one attached hydrogen (secondary N) is 1. The van der Waals surface area contributed by atoms with Gasteiger partial charge >= 0.3 is 0 Å². The molecule has 3 aromatic rings. The van der Waals surface area contributed by atoms with Gasteiger partial charge in [0.1, 0.15) is 0 Å². The molecule has 0 radical (unpaired) electrons. The van der Waals surface area contributed by atoms with E-state index in [0.717, 1.165) is 23.2 Å². The highest BCUT2D eigenvalue weighted by Crippen LogP contribution is 2.30. The number of aromatic nitrogens is 2. The van der Waals surface area contributed by atoms with Gasteiger partial charge in [0.2, 0.25) is 11.8 Å². The minimum absolute atomic E-state index is 0.108. The van der Waals surface area contributed by atoms with Crippen LogP contribution in [0, 0.1) is 0 Å². The van der Waals surface area contributed by atoms with Crippen LogP contribution >= 0.6 is 23.4 Å². The minimum atomic E-state index is -0.391. The molecule has 2 atom stereocenters. The Balaban J connectivity index is 1.67. The van der Waals surface area contributed by atoms with Crippen molar-refractivity contribution in [1.29, 1.82) is 0 Å². The summed E-state index contributed by atoms with van der Waals surface area (Å²) in [6.45, 7) is 6.10. The van der Waals surface area contributed by atoms with Crippen LogP contribution in [0.3, 0.4) is 0 Å². The number of anilines is 1. The monoisotopic (exact) mass is 415 g/mol. The topological polar surface area (TPSA) is 68.0 Å². The number of hydrogen-bond acceptors (Lipinski definition) is 5. The van der Waals surface area contributed by atoms with E-state index >= 15 is 0 Å². The van der Waals surface area contributed by atoms with Crippen molar-refractivity contribution in [1.82, 2.24) is 10.2 Å². The fraction of sp³-hybridized carbons (Fsp3) is 0.286.